The number of carboxylic acids is 1. The van der Waals surface area contributed by atoms with E-state index in [1.54, 1.807) is 0 Å². The molecule has 5 rings (SSSR count). The molecule has 156 valence electrons. The van der Waals surface area contributed by atoms with Gasteiger partial charge in [-0.1, -0.05) is 0 Å². The fourth-order valence-corrected chi connectivity index (χ4v) is 7.61. The van der Waals surface area contributed by atoms with Crippen LogP contribution in [-0.2, 0) is 4.74 Å². The van der Waals surface area contributed by atoms with E-state index in [0.717, 1.165) is 55.7 Å². The molecule has 2 fully saturated rings. The van der Waals surface area contributed by atoms with Gasteiger partial charge in [-0.15, -0.1) is 0 Å². The van der Waals surface area contributed by atoms with Gasteiger partial charge >= 0.3 is 182 Å². The second-order valence-corrected chi connectivity index (χ2v) is 11.0. The summed E-state index contributed by atoms with van der Waals surface area (Å²) in [6.45, 7) is 1.70. The average molecular weight is 467 g/mol. The quantitative estimate of drug-likeness (QED) is 0.563. The Bertz CT molecular complexity index is 1060. The van der Waals surface area contributed by atoms with Crippen LogP contribution in [-0.4, -0.2) is 54.8 Å². The van der Waals surface area contributed by atoms with Crippen LogP contribution in [0.25, 0.3) is 16.7 Å². The van der Waals surface area contributed by atoms with Gasteiger partial charge in [-0.3, -0.25) is 0 Å². The molecule has 0 bridgehead atoms. The van der Waals surface area contributed by atoms with E-state index in [1.807, 2.05) is 41.1 Å². The molecule has 1 saturated carbocycles. The number of aromatic nitrogens is 3. The van der Waals surface area contributed by atoms with Gasteiger partial charge in [0.1, 0.15) is 0 Å². The fraction of sp³-hybridized carbons (Fsp3) is 0.435. The summed E-state index contributed by atoms with van der Waals surface area (Å²) in [5, 5.41) is 17.0. The molecule has 1 aliphatic carbocycles. The van der Waals surface area contributed by atoms with Crippen molar-refractivity contribution in [3.05, 3.63) is 47.8 Å². The predicted molar refractivity (Wildman–Crippen MR) is 118 cm³/mol. The molecule has 2 aliphatic rings. The molecule has 1 unspecified atom stereocenters. The van der Waals surface area contributed by atoms with Crippen molar-refractivity contribution >= 4 is 37.1 Å². The van der Waals surface area contributed by atoms with Crippen LogP contribution >= 0.6 is 0 Å². The summed E-state index contributed by atoms with van der Waals surface area (Å²) in [4.78, 5) is 16.4. The summed E-state index contributed by atoms with van der Waals surface area (Å²) in [7, 11) is 0. The maximum absolute atomic E-state index is 11.9. The van der Waals surface area contributed by atoms with Crippen LogP contribution in [0.4, 0.5) is 0 Å². The molecular formula is C23H26AsN3O3. The van der Waals surface area contributed by atoms with Crippen molar-refractivity contribution in [3.8, 4) is 5.69 Å². The van der Waals surface area contributed by atoms with E-state index in [1.165, 1.54) is 16.0 Å². The zero-order chi connectivity index (χ0) is 20.5. The molecule has 0 amide bonds. The second kappa shape index (κ2) is 8.52. The molecule has 1 aromatic carbocycles. The van der Waals surface area contributed by atoms with Crippen LogP contribution < -0.4 is 4.35 Å². The number of para-hydroxylation sites is 1. The van der Waals surface area contributed by atoms with Crippen LogP contribution in [0.5, 0.6) is 0 Å². The molecule has 0 spiro atoms. The van der Waals surface area contributed by atoms with E-state index < -0.39 is 21.7 Å². The van der Waals surface area contributed by atoms with Gasteiger partial charge < -0.3 is 0 Å². The van der Waals surface area contributed by atoms with Crippen molar-refractivity contribution in [2.45, 2.75) is 43.2 Å². The maximum atomic E-state index is 11.9. The number of ether oxygens (including phenoxy) is 1. The summed E-state index contributed by atoms with van der Waals surface area (Å²) >= 11 is -0.497. The van der Waals surface area contributed by atoms with Crippen molar-refractivity contribution in [3.63, 3.8) is 0 Å². The van der Waals surface area contributed by atoms with Crippen molar-refractivity contribution in [1.82, 2.24) is 14.8 Å². The third-order valence-corrected chi connectivity index (χ3v) is 9.56. The third kappa shape index (κ3) is 3.79. The second-order valence-electron chi connectivity index (χ2n) is 8.26. The van der Waals surface area contributed by atoms with Crippen LogP contribution in [0.3, 0.4) is 0 Å². The van der Waals surface area contributed by atoms with Gasteiger partial charge in [-0.05, 0) is 0 Å². The number of hydrogen-bond donors (Lipinski definition) is 1. The first kappa shape index (κ1) is 19.8. The number of nitrogens with zero attached hydrogens (tertiary/aromatic N) is 3. The van der Waals surface area contributed by atoms with Gasteiger partial charge in [-0.25, -0.2) is 0 Å². The predicted octanol–water partition coefficient (Wildman–Crippen LogP) is 3.29. The number of aromatic carboxylic acids is 1. The Morgan fingerprint density at radius 2 is 1.93 bits per heavy atom. The molecule has 6 nitrogen and oxygen atoms in total. The average Bonchev–Trinajstić information content (AvgIpc) is 3.11. The number of hydrogen-bond acceptors (Lipinski definition) is 4. The van der Waals surface area contributed by atoms with Crippen molar-refractivity contribution in [2.75, 3.05) is 13.2 Å². The van der Waals surface area contributed by atoms with Crippen LogP contribution in [0.1, 0.15) is 54.2 Å². The molecule has 3 aromatic rings. The monoisotopic (exact) mass is 467 g/mol. The first-order valence-electron chi connectivity index (χ1n) is 10.7. The first-order chi connectivity index (χ1) is 14.7. The topological polar surface area (TPSA) is 77.2 Å². The van der Waals surface area contributed by atoms with E-state index in [9.17, 15) is 9.90 Å². The SMILES string of the molecule is O=C(O)c1cc([AsH]CC2CCOCC2)c2c(C3CCC3)nn(-c3ccccc3)c2n1. The minimum absolute atomic E-state index is 0.130. The molecule has 2 aromatic heterocycles. The van der Waals surface area contributed by atoms with Crippen molar-refractivity contribution < 1.29 is 14.6 Å². The van der Waals surface area contributed by atoms with Gasteiger partial charge in [0, 0.05) is 0 Å². The van der Waals surface area contributed by atoms with Gasteiger partial charge in [0.05, 0.1) is 0 Å². The molecule has 1 saturated heterocycles. The number of carbonyl (C=O) groups is 1. The summed E-state index contributed by atoms with van der Waals surface area (Å²) in [5.41, 5.74) is 2.88. The summed E-state index contributed by atoms with van der Waals surface area (Å²) in [6.07, 6.45) is 5.77. The Kier molecular flexibility index (Phi) is 5.62. The zero-order valence-corrected chi connectivity index (χ0v) is 19.0. The Morgan fingerprint density at radius 3 is 2.60 bits per heavy atom. The summed E-state index contributed by atoms with van der Waals surface area (Å²) in [6, 6.07) is 11.8. The van der Waals surface area contributed by atoms with E-state index >= 15 is 0 Å². The number of benzene rings is 1. The Morgan fingerprint density at radius 1 is 1.17 bits per heavy atom. The standard InChI is InChI=1S/C23H26AsN3O3/c28-23(29)19-13-18(24-14-15-9-11-30-12-10-15)20-21(16-5-4-6-16)26-27(22(20)25-19)17-7-2-1-3-8-17/h1-3,7-8,13,15-16,24H,4-6,9-12,14H2,(H,28,29). The molecular weight excluding hydrogens is 441 g/mol. The van der Waals surface area contributed by atoms with Crippen molar-refractivity contribution in [1.29, 1.82) is 0 Å². The van der Waals surface area contributed by atoms with Gasteiger partial charge in [0.15, 0.2) is 0 Å². The van der Waals surface area contributed by atoms with E-state index in [-0.39, 0.29) is 5.69 Å². The Balaban J connectivity index is 1.63. The normalized spacial score (nSPS) is 18.3. The van der Waals surface area contributed by atoms with Gasteiger partial charge in [0.25, 0.3) is 0 Å². The molecule has 1 N–H and O–H groups in total. The van der Waals surface area contributed by atoms with Crippen LogP contribution in [0.15, 0.2) is 36.4 Å². The summed E-state index contributed by atoms with van der Waals surface area (Å²) < 4.78 is 8.57. The zero-order valence-electron chi connectivity index (χ0n) is 16.9. The molecule has 1 aliphatic heterocycles. The summed E-state index contributed by atoms with van der Waals surface area (Å²) in [5.74, 6) is 0.178. The number of rotatable bonds is 6. The van der Waals surface area contributed by atoms with Crippen molar-refractivity contribution in [2.24, 2.45) is 5.92 Å². The molecule has 1 atom stereocenters. The third-order valence-electron chi connectivity index (χ3n) is 6.30. The minimum atomic E-state index is -0.971. The molecule has 30 heavy (non-hydrogen) atoms. The van der Waals surface area contributed by atoms with E-state index in [2.05, 4.69) is 4.98 Å². The Hall–Kier alpha value is -2.17. The fourth-order valence-electron chi connectivity index (χ4n) is 4.31. The van der Waals surface area contributed by atoms with Crippen LogP contribution in [0.2, 0.25) is 5.21 Å². The Labute approximate surface area is 182 Å². The molecule has 3 heterocycles. The van der Waals surface area contributed by atoms with Gasteiger partial charge in [0.2, 0.25) is 0 Å². The van der Waals surface area contributed by atoms with E-state index in [0.29, 0.717) is 17.5 Å². The number of carboxylic acid groups (broad SMARTS) is 1. The molecule has 0 radical (unpaired) electrons. The van der Waals surface area contributed by atoms with Gasteiger partial charge in [-0.2, -0.15) is 0 Å². The van der Waals surface area contributed by atoms with E-state index in [4.69, 9.17) is 9.84 Å². The first-order valence-corrected chi connectivity index (χ1v) is 13.3. The van der Waals surface area contributed by atoms with Crippen LogP contribution in [0, 0.1) is 5.92 Å². The number of pyridine rings is 1. The number of fused-ring (bicyclic) bond motifs is 1. The molecule has 7 heteroatoms.